The molecular formula is C16H25NO. The van der Waals surface area contributed by atoms with Crippen molar-refractivity contribution in [1.82, 2.24) is 5.32 Å². The summed E-state index contributed by atoms with van der Waals surface area (Å²) >= 11 is 0. The van der Waals surface area contributed by atoms with Crippen LogP contribution in [0.1, 0.15) is 44.4 Å². The Balaban J connectivity index is 2.02. The summed E-state index contributed by atoms with van der Waals surface area (Å²) in [6, 6.07) is 9.54. The van der Waals surface area contributed by atoms with Crippen molar-refractivity contribution in [1.29, 1.82) is 0 Å². The Morgan fingerprint density at radius 1 is 1.33 bits per heavy atom. The maximum atomic E-state index is 5.50. The van der Waals surface area contributed by atoms with Crippen LogP contribution in [-0.4, -0.2) is 19.3 Å². The lowest BCUT2D eigenvalue weighted by Gasteiger charge is -2.52. The molecule has 2 rings (SSSR count). The van der Waals surface area contributed by atoms with Gasteiger partial charge in [-0.25, -0.2) is 0 Å². The molecule has 2 heteroatoms. The molecule has 1 N–H and O–H groups in total. The van der Waals surface area contributed by atoms with E-state index in [2.05, 4.69) is 57.3 Å². The van der Waals surface area contributed by atoms with Crippen LogP contribution in [0.15, 0.2) is 24.3 Å². The normalized spacial score (nSPS) is 27.6. The molecule has 1 fully saturated rings. The fourth-order valence-corrected chi connectivity index (χ4v) is 3.03. The van der Waals surface area contributed by atoms with Gasteiger partial charge in [0.25, 0.3) is 0 Å². The summed E-state index contributed by atoms with van der Waals surface area (Å²) in [4.78, 5) is 0. The minimum Gasteiger partial charge on any atom is -0.381 e. The largest absolute Gasteiger partial charge is 0.381 e. The van der Waals surface area contributed by atoms with Gasteiger partial charge in [-0.1, -0.05) is 38.1 Å². The highest BCUT2D eigenvalue weighted by Crippen LogP contribution is 2.43. The highest BCUT2D eigenvalue weighted by Gasteiger charge is 2.48. The van der Waals surface area contributed by atoms with E-state index >= 15 is 0 Å². The number of ether oxygens (including phenoxy) is 1. The van der Waals surface area contributed by atoms with Gasteiger partial charge in [-0.2, -0.15) is 0 Å². The van der Waals surface area contributed by atoms with Gasteiger partial charge in [0.05, 0.1) is 6.10 Å². The van der Waals surface area contributed by atoms with Gasteiger partial charge in [0.1, 0.15) is 0 Å². The van der Waals surface area contributed by atoms with Crippen LogP contribution in [0, 0.1) is 12.3 Å². The van der Waals surface area contributed by atoms with E-state index in [1.54, 1.807) is 0 Å². The third-order valence-electron chi connectivity index (χ3n) is 4.57. The van der Waals surface area contributed by atoms with E-state index in [0.717, 1.165) is 6.42 Å². The molecule has 0 aliphatic heterocycles. The van der Waals surface area contributed by atoms with Gasteiger partial charge >= 0.3 is 0 Å². The summed E-state index contributed by atoms with van der Waals surface area (Å²) < 4.78 is 5.50. The molecule has 0 amide bonds. The van der Waals surface area contributed by atoms with Gasteiger partial charge in [-0.3, -0.25) is 0 Å². The molecule has 1 aliphatic carbocycles. The van der Waals surface area contributed by atoms with Crippen molar-refractivity contribution in [2.24, 2.45) is 5.41 Å². The van der Waals surface area contributed by atoms with Crippen LogP contribution in [0.25, 0.3) is 0 Å². The third-order valence-corrected chi connectivity index (χ3v) is 4.57. The summed E-state index contributed by atoms with van der Waals surface area (Å²) in [6.45, 7) is 9.00. The second-order valence-corrected chi connectivity index (χ2v) is 6.08. The van der Waals surface area contributed by atoms with E-state index in [9.17, 15) is 0 Å². The van der Waals surface area contributed by atoms with E-state index < -0.39 is 0 Å². The number of nitrogens with one attached hydrogen (secondary N) is 1. The Kier molecular flexibility index (Phi) is 3.79. The molecule has 0 heterocycles. The molecule has 1 saturated carbocycles. The third kappa shape index (κ3) is 2.32. The Bertz CT molecular complexity index is 413. The summed E-state index contributed by atoms with van der Waals surface area (Å²) in [5, 5.41) is 3.75. The van der Waals surface area contributed by atoms with Gasteiger partial charge in [-0.15, -0.1) is 0 Å². The fraction of sp³-hybridized carbons (Fsp3) is 0.625. The summed E-state index contributed by atoms with van der Waals surface area (Å²) in [6.07, 6.45) is 1.50. The molecule has 2 nitrogen and oxygen atoms in total. The average Bonchev–Trinajstić information content (AvgIpc) is 2.34. The predicted octanol–water partition coefficient (Wildman–Crippen LogP) is 3.46. The number of aryl methyl sites for hydroxylation is 1. The zero-order valence-corrected chi connectivity index (χ0v) is 12.2. The highest BCUT2D eigenvalue weighted by molar-refractivity contribution is 5.28. The molecule has 3 unspecified atom stereocenters. The molecule has 1 aromatic rings. The number of hydrogen-bond donors (Lipinski definition) is 1. The van der Waals surface area contributed by atoms with Crippen molar-refractivity contribution < 1.29 is 4.74 Å². The maximum Gasteiger partial charge on any atom is 0.0652 e. The first-order valence-corrected chi connectivity index (χ1v) is 6.81. The molecule has 100 valence electrons. The molecule has 0 saturated heterocycles. The van der Waals surface area contributed by atoms with Crippen LogP contribution in [-0.2, 0) is 4.74 Å². The number of methoxy groups -OCH3 is 1. The second-order valence-electron chi connectivity index (χ2n) is 6.08. The molecule has 0 bridgehead atoms. The lowest BCUT2D eigenvalue weighted by molar-refractivity contribution is -0.0999. The van der Waals surface area contributed by atoms with Gasteiger partial charge in [0.15, 0.2) is 0 Å². The molecule has 0 radical (unpaired) electrons. The Morgan fingerprint density at radius 3 is 2.56 bits per heavy atom. The van der Waals surface area contributed by atoms with Crippen molar-refractivity contribution in [3.8, 4) is 0 Å². The minimum atomic E-state index is 0.228. The molecule has 3 atom stereocenters. The first-order valence-electron chi connectivity index (χ1n) is 6.81. The van der Waals surface area contributed by atoms with Crippen molar-refractivity contribution >= 4 is 0 Å². The molecule has 18 heavy (non-hydrogen) atoms. The van der Waals surface area contributed by atoms with Gasteiger partial charge in [0.2, 0.25) is 0 Å². The van der Waals surface area contributed by atoms with Gasteiger partial charge in [-0.05, 0) is 31.4 Å². The topological polar surface area (TPSA) is 21.3 Å². The van der Waals surface area contributed by atoms with Crippen LogP contribution in [0.2, 0.25) is 0 Å². The predicted molar refractivity (Wildman–Crippen MR) is 75.7 cm³/mol. The number of hydrogen-bond acceptors (Lipinski definition) is 2. The molecule has 0 aromatic heterocycles. The second kappa shape index (κ2) is 5.02. The van der Waals surface area contributed by atoms with Crippen molar-refractivity contribution in [3.63, 3.8) is 0 Å². The monoisotopic (exact) mass is 247 g/mol. The summed E-state index contributed by atoms with van der Waals surface area (Å²) in [5.41, 5.74) is 2.98. The van der Waals surface area contributed by atoms with Crippen molar-refractivity contribution in [2.75, 3.05) is 7.11 Å². The first kappa shape index (κ1) is 13.6. The fourth-order valence-electron chi connectivity index (χ4n) is 3.03. The van der Waals surface area contributed by atoms with E-state index in [1.165, 1.54) is 11.1 Å². The van der Waals surface area contributed by atoms with E-state index in [4.69, 9.17) is 4.74 Å². The Labute approximate surface area is 111 Å². The zero-order chi connectivity index (χ0) is 13.3. The average molecular weight is 247 g/mol. The lowest BCUT2D eigenvalue weighted by atomic mass is 9.64. The SMILES string of the molecule is COC1CC(NC(C)c2ccccc2C)C1(C)C. The Hall–Kier alpha value is -0.860. The first-order chi connectivity index (χ1) is 8.46. The maximum absolute atomic E-state index is 5.50. The quantitative estimate of drug-likeness (QED) is 0.879. The van der Waals surface area contributed by atoms with Crippen LogP contribution in [0.4, 0.5) is 0 Å². The van der Waals surface area contributed by atoms with Crippen LogP contribution in [0.3, 0.4) is 0 Å². The summed E-state index contributed by atoms with van der Waals surface area (Å²) in [7, 11) is 1.81. The Morgan fingerprint density at radius 2 is 2.00 bits per heavy atom. The molecular weight excluding hydrogens is 222 g/mol. The molecule has 0 spiro atoms. The van der Waals surface area contributed by atoms with E-state index in [-0.39, 0.29) is 5.41 Å². The van der Waals surface area contributed by atoms with E-state index in [0.29, 0.717) is 18.2 Å². The van der Waals surface area contributed by atoms with Crippen LogP contribution < -0.4 is 5.32 Å². The standard InChI is InChI=1S/C16H25NO/c1-11-8-6-7-9-13(11)12(2)17-14-10-15(18-5)16(14,3)4/h6-9,12,14-15,17H,10H2,1-5H3. The molecule has 1 aromatic carbocycles. The van der Waals surface area contributed by atoms with Gasteiger partial charge in [0, 0.05) is 24.6 Å². The number of rotatable bonds is 4. The highest BCUT2D eigenvalue weighted by atomic mass is 16.5. The van der Waals surface area contributed by atoms with Gasteiger partial charge < -0.3 is 10.1 Å². The molecule has 1 aliphatic rings. The van der Waals surface area contributed by atoms with Crippen molar-refractivity contribution in [3.05, 3.63) is 35.4 Å². The van der Waals surface area contributed by atoms with Crippen LogP contribution >= 0.6 is 0 Å². The van der Waals surface area contributed by atoms with Crippen LogP contribution in [0.5, 0.6) is 0 Å². The minimum absolute atomic E-state index is 0.228. The smallest absolute Gasteiger partial charge is 0.0652 e. The van der Waals surface area contributed by atoms with E-state index in [1.807, 2.05) is 7.11 Å². The lowest BCUT2D eigenvalue weighted by Crippen LogP contribution is -2.60. The summed E-state index contributed by atoms with van der Waals surface area (Å²) in [5.74, 6) is 0. The van der Waals surface area contributed by atoms with Crippen molar-refractivity contribution in [2.45, 2.75) is 52.3 Å². The zero-order valence-electron chi connectivity index (χ0n) is 12.2. The number of benzene rings is 1.